The number of anilines is 1. The first-order valence-electron chi connectivity index (χ1n) is 9.08. The van der Waals surface area contributed by atoms with Gasteiger partial charge in [-0.3, -0.25) is 4.79 Å². The second kappa shape index (κ2) is 7.46. The fourth-order valence-electron chi connectivity index (χ4n) is 3.43. The Morgan fingerprint density at radius 3 is 2.85 bits per heavy atom. The molecule has 0 saturated carbocycles. The number of pyridine rings is 2. The van der Waals surface area contributed by atoms with Gasteiger partial charge in [0.05, 0.1) is 5.39 Å². The molecule has 0 aliphatic carbocycles. The first kappa shape index (κ1) is 17.6. The van der Waals surface area contributed by atoms with Gasteiger partial charge in [-0.05, 0) is 18.1 Å². The minimum absolute atomic E-state index is 0.0269. The number of H-pyrrole nitrogens is 1. The molecule has 1 saturated heterocycles. The molecular weight excluding hydrogens is 345 g/mol. The summed E-state index contributed by atoms with van der Waals surface area (Å²) in [5.74, 6) is -0.238. The summed E-state index contributed by atoms with van der Waals surface area (Å²) in [5, 5.41) is 3.51. The van der Waals surface area contributed by atoms with E-state index in [4.69, 9.17) is 5.73 Å². The normalized spacial score (nSPS) is 17.0. The molecule has 1 unspecified atom stereocenters. The molecule has 6 nitrogen and oxygen atoms in total. The van der Waals surface area contributed by atoms with Crippen LogP contribution in [0.5, 0.6) is 0 Å². The summed E-state index contributed by atoms with van der Waals surface area (Å²) in [6.45, 7) is 2.28. The first-order chi connectivity index (χ1) is 13.1. The van der Waals surface area contributed by atoms with Crippen molar-refractivity contribution in [2.24, 2.45) is 5.73 Å². The third-order valence-corrected chi connectivity index (χ3v) is 4.89. The lowest BCUT2D eigenvalue weighted by Crippen LogP contribution is -2.28. The fraction of sp³-hybridized carbons (Fsp3) is 0.300. The third-order valence-electron chi connectivity index (χ3n) is 4.89. The van der Waals surface area contributed by atoms with Crippen LogP contribution in [0.2, 0.25) is 0 Å². The maximum Gasteiger partial charge on any atom is 0.195 e. The van der Waals surface area contributed by atoms with Crippen LogP contribution < -0.4 is 21.4 Å². The van der Waals surface area contributed by atoms with Gasteiger partial charge in [0.2, 0.25) is 0 Å². The number of nitrogens with one attached hydrogen (secondary N) is 2. The van der Waals surface area contributed by atoms with Gasteiger partial charge in [-0.1, -0.05) is 30.3 Å². The van der Waals surface area contributed by atoms with Gasteiger partial charge in [0.1, 0.15) is 5.65 Å². The zero-order chi connectivity index (χ0) is 18.8. The van der Waals surface area contributed by atoms with E-state index in [0.717, 1.165) is 12.0 Å². The molecule has 1 aliphatic rings. The second-order valence-electron chi connectivity index (χ2n) is 6.92. The van der Waals surface area contributed by atoms with Gasteiger partial charge in [0.25, 0.3) is 0 Å². The Kier molecular flexibility index (Phi) is 4.87. The topological polar surface area (TPSA) is 87.0 Å². The van der Waals surface area contributed by atoms with Gasteiger partial charge in [0.15, 0.2) is 17.1 Å². The number of nitrogens with zero attached hydrogens (tertiary/aromatic N) is 2. The van der Waals surface area contributed by atoms with Crippen LogP contribution in [0.4, 0.5) is 10.2 Å². The van der Waals surface area contributed by atoms with E-state index in [1.807, 2.05) is 35.2 Å². The molecule has 1 atom stereocenters. The summed E-state index contributed by atoms with van der Waals surface area (Å²) < 4.78 is 14.6. The highest BCUT2D eigenvalue weighted by Crippen LogP contribution is 2.23. The number of benzene rings is 1. The summed E-state index contributed by atoms with van der Waals surface area (Å²) in [4.78, 5) is 21.9. The maximum atomic E-state index is 14.6. The zero-order valence-electron chi connectivity index (χ0n) is 14.9. The summed E-state index contributed by atoms with van der Waals surface area (Å²) in [6, 6.07) is 11.2. The van der Waals surface area contributed by atoms with Crippen LogP contribution >= 0.6 is 0 Å². The van der Waals surface area contributed by atoms with Crippen LogP contribution in [0.1, 0.15) is 17.5 Å². The van der Waals surface area contributed by atoms with Crippen LogP contribution in [0.25, 0.3) is 11.0 Å². The Hall–Kier alpha value is -2.77. The van der Waals surface area contributed by atoms with Crippen LogP contribution in [-0.2, 0) is 13.1 Å². The van der Waals surface area contributed by atoms with Crippen molar-refractivity contribution in [2.45, 2.75) is 25.6 Å². The molecule has 4 rings (SSSR count). The molecule has 1 fully saturated rings. The van der Waals surface area contributed by atoms with Gasteiger partial charge < -0.3 is 20.9 Å². The molecule has 1 aliphatic heterocycles. The highest BCUT2D eigenvalue weighted by Gasteiger charge is 2.24. The van der Waals surface area contributed by atoms with Crippen molar-refractivity contribution in [1.82, 2.24) is 15.3 Å². The van der Waals surface area contributed by atoms with Gasteiger partial charge in [-0.15, -0.1) is 0 Å². The average Bonchev–Trinajstić information content (AvgIpc) is 3.11. The Bertz CT molecular complexity index is 1000. The van der Waals surface area contributed by atoms with Crippen molar-refractivity contribution in [2.75, 3.05) is 18.0 Å². The quantitative estimate of drug-likeness (QED) is 0.641. The molecular formula is C20H22FN5O. The SMILES string of the molecule is NC1CCN(c2nc3[nH]cc(CNCc4ccccc4)c(=O)c3cc2F)C1. The van der Waals surface area contributed by atoms with Crippen LogP contribution in [0.15, 0.2) is 47.4 Å². The van der Waals surface area contributed by atoms with Crippen molar-refractivity contribution < 1.29 is 4.39 Å². The molecule has 4 N–H and O–H groups in total. The highest BCUT2D eigenvalue weighted by atomic mass is 19.1. The number of aromatic amines is 1. The highest BCUT2D eigenvalue weighted by molar-refractivity contribution is 5.77. The molecule has 2 aromatic heterocycles. The van der Waals surface area contributed by atoms with Crippen molar-refractivity contribution in [1.29, 1.82) is 0 Å². The monoisotopic (exact) mass is 367 g/mol. The molecule has 0 bridgehead atoms. The maximum absolute atomic E-state index is 14.6. The average molecular weight is 367 g/mol. The minimum atomic E-state index is -0.489. The van der Waals surface area contributed by atoms with E-state index in [0.29, 0.717) is 37.4 Å². The number of aromatic nitrogens is 2. The number of fused-ring (bicyclic) bond motifs is 1. The predicted molar refractivity (Wildman–Crippen MR) is 104 cm³/mol. The number of halogens is 1. The summed E-state index contributed by atoms with van der Waals surface area (Å²) in [6.07, 6.45) is 2.45. The second-order valence-corrected chi connectivity index (χ2v) is 6.92. The van der Waals surface area contributed by atoms with E-state index < -0.39 is 5.82 Å². The van der Waals surface area contributed by atoms with Gasteiger partial charge in [-0.2, -0.15) is 0 Å². The lowest BCUT2D eigenvalue weighted by atomic mass is 10.2. The van der Waals surface area contributed by atoms with Crippen LogP contribution in [-0.4, -0.2) is 29.1 Å². The van der Waals surface area contributed by atoms with Gasteiger partial charge >= 0.3 is 0 Å². The first-order valence-corrected chi connectivity index (χ1v) is 9.08. The van der Waals surface area contributed by atoms with Gasteiger partial charge in [0, 0.05) is 44.0 Å². The standard InChI is InChI=1S/C20H22FN5O/c21-17-8-16-18(27)14(10-23-9-13-4-2-1-3-5-13)11-24-19(16)25-20(17)26-7-6-15(22)12-26/h1-5,8,11,15,23H,6-7,9-10,12,22H2,(H,24,25,27). The molecule has 7 heteroatoms. The van der Waals surface area contributed by atoms with Crippen molar-refractivity contribution in [3.63, 3.8) is 0 Å². The zero-order valence-corrected chi connectivity index (χ0v) is 14.9. The minimum Gasteiger partial charge on any atom is -0.353 e. The van der Waals surface area contributed by atoms with E-state index >= 15 is 0 Å². The third kappa shape index (κ3) is 3.70. The number of rotatable bonds is 5. The predicted octanol–water partition coefficient (Wildman–Crippen LogP) is 1.89. The van der Waals surface area contributed by atoms with Crippen LogP contribution in [0.3, 0.4) is 0 Å². The Labute approximate surface area is 156 Å². The summed E-state index contributed by atoms with van der Waals surface area (Å²) in [5.41, 5.74) is 7.77. The molecule has 27 heavy (non-hydrogen) atoms. The summed E-state index contributed by atoms with van der Waals surface area (Å²) >= 11 is 0. The van der Waals surface area contributed by atoms with Crippen LogP contribution in [0, 0.1) is 5.82 Å². The van der Waals surface area contributed by atoms with E-state index in [-0.39, 0.29) is 22.7 Å². The lowest BCUT2D eigenvalue weighted by molar-refractivity contribution is 0.617. The molecule has 0 radical (unpaired) electrons. The van der Waals surface area contributed by atoms with Crippen molar-refractivity contribution in [3.8, 4) is 0 Å². The van der Waals surface area contributed by atoms with Crippen molar-refractivity contribution >= 4 is 16.9 Å². The molecule has 140 valence electrons. The number of hydrogen-bond acceptors (Lipinski definition) is 5. The number of nitrogens with two attached hydrogens (primary N) is 1. The smallest absolute Gasteiger partial charge is 0.195 e. The van der Waals surface area contributed by atoms with E-state index in [2.05, 4.69) is 15.3 Å². The summed E-state index contributed by atoms with van der Waals surface area (Å²) in [7, 11) is 0. The fourth-order valence-corrected chi connectivity index (χ4v) is 3.43. The number of hydrogen-bond donors (Lipinski definition) is 3. The molecule has 3 aromatic rings. The Morgan fingerprint density at radius 2 is 2.11 bits per heavy atom. The van der Waals surface area contributed by atoms with E-state index in [9.17, 15) is 9.18 Å². The van der Waals surface area contributed by atoms with E-state index in [1.165, 1.54) is 6.07 Å². The van der Waals surface area contributed by atoms with Gasteiger partial charge in [-0.25, -0.2) is 9.37 Å². The Balaban J connectivity index is 1.56. The molecule has 0 amide bonds. The van der Waals surface area contributed by atoms with Crippen molar-refractivity contribution in [3.05, 3.63) is 69.8 Å². The largest absolute Gasteiger partial charge is 0.353 e. The van der Waals surface area contributed by atoms with E-state index in [1.54, 1.807) is 6.20 Å². The molecule has 1 aromatic carbocycles. The molecule has 3 heterocycles. The Morgan fingerprint density at radius 1 is 1.30 bits per heavy atom. The molecule has 0 spiro atoms. The lowest BCUT2D eigenvalue weighted by Gasteiger charge is -2.18.